The predicted molar refractivity (Wildman–Crippen MR) is 103 cm³/mol. The molecule has 0 N–H and O–H groups in total. The van der Waals surface area contributed by atoms with E-state index in [1.807, 2.05) is 0 Å². The highest BCUT2D eigenvalue weighted by Crippen LogP contribution is 2.27. The number of nitrogens with zero attached hydrogens (tertiary/aromatic N) is 1. The second kappa shape index (κ2) is 8.61. The van der Waals surface area contributed by atoms with Gasteiger partial charge in [0, 0.05) is 17.6 Å². The molecule has 0 amide bonds. The molecular formula is C17H16BrNO6S2. The number of morpholine rings is 1. The van der Waals surface area contributed by atoms with Gasteiger partial charge >= 0.3 is 5.97 Å². The van der Waals surface area contributed by atoms with Crippen LogP contribution in [0.25, 0.3) is 0 Å². The minimum atomic E-state index is -3.78. The van der Waals surface area contributed by atoms with Crippen LogP contribution < -0.4 is 0 Å². The minimum absolute atomic E-state index is 0.0246. The number of rotatable bonds is 6. The van der Waals surface area contributed by atoms with E-state index >= 15 is 0 Å². The van der Waals surface area contributed by atoms with Gasteiger partial charge < -0.3 is 9.47 Å². The molecule has 27 heavy (non-hydrogen) atoms. The van der Waals surface area contributed by atoms with Crippen molar-refractivity contribution in [2.75, 3.05) is 32.9 Å². The molecule has 0 atom stereocenters. The topological polar surface area (TPSA) is 90.0 Å². The molecule has 1 aromatic carbocycles. The number of Topliss-reactive ketones (excluding diaryl/α,β-unsaturated/α-hetero) is 1. The number of halogens is 1. The van der Waals surface area contributed by atoms with Crippen molar-refractivity contribution in [2.45, 2.75) is 4.90 Å². The first-order valence-corrected chi connectivity index (χ1v) is 11.1. The number of hydrogen-bond acceptors (Lipinski definition) is 7. The summed E-state index contributed by atoms with van der Waals surface area (Å²) in [5.74, 6) is -1.07. The minimum Gasteiger partial charge on any atom is -0.454 e. The van der Waals surface area contributed by atoms with Crippen LogP contribution in [0.1, 0.15) is 20.0 Å². The molecule has 1 aromatic heterocycles. The molecule has 3 rings (SSSR count). The zero-order valence-corrected chi connectivity index (χ0v) is 17.3. The van der Waals surface area contributed by atoms with Gasteiger partial charge in [0.1, 0.15) is 0 Å². The van der Waals surface area contributed by atoms with Crippen molar-refractivity contribution < 1.29 is 27.5 Å². The van der Waals surface area contributed by atoms with E-state index in [9.17, 15) is 18.0 Å². The molecule has 0 unspecified atom stereocenters. The van der Waals surface area contributed by atoms with Crippen LogP contribution >= 0.6 is 27.3 Å². The molecule has 144 valence electrons. The summed E-state index contributed by atoms with van der Waals surface area (Å²) >= 11 is 4.49. The van der Waals surface area contributed by atoms with Crippen molar-refractivity contribution in [3.8, 4) is 0 Å². The van der Waals surface area contributed by atoms with E-state index < -0.39 is 22.6 Å². The van der Waals surface area contributed by atoms with E-state index in [0.29, 0.717) is 22.6 Å². The first-order chi connectivity index (χ1) is 12.9. The molecule has 2 aromatic rings. The SMILES string of the molecule is O=C(OCC(=O)c1cccs1)c1ccc(Br)c(S(=O)(=O)N2CCOCC2)c1. The van der Waals surface area contributed by atoms with Crippen LogP contribution in [0.4, 0.5) is 0 Å². The average Bonchev–Trinajstić information content (AvgIpc) is 3.21. The zero-order valence-electron chi connectivity index (χ0n) is 14.1. The van der Waals surface area contributed by atoms with Crippen molar-refractivity contribution >= 4 is 49.0 Å². The predicted octanol–water partition coefficient (Wildman–Crippen LogP) is 2.57. The van der Waals surface area contributed by atoms with Gasteiger partial charge in [-0.15, -0.1) is 11.3 Å². The molecule has 2 heterocycles. The molecule has 1 saturated heterocycles. The average molecular weight is 474 g/mol. The van der Waals surface area contributed by atoms with E-state index in [1.165, 1.54) is 33.8 Å². The van der Waals surface area contributed by atoms with Gasteiger partial charge in [0.25, 0.3) is 0 Å². The summed E-state index contributed by atoms with van der Waals surface area (Å²) in [7, 11) is -3.78. The second-order valence-electron chi connectivity index (χ2n) is 5.64. The Balaban J connectivity index is 1.76. The Morgan fingerprint density at radius 1 is 1.22 bits per heavy atom. The van der Waals surface area contributed by atoms with E-state index in [0.717, 1.165) is 0 Å². The number of ketones is 1. The molecule has 7 nitrogen and oxygen atoms in total. The highest BCUT2D eigenvalue weighted by atomic mass is 79.9. The molecule has 1 fully saturated rings. The van der Waals surface area contributed by atoms with Gasteiger partial charge in [0.05, 0.1) is 28.5 Å². The fraction of sp³-hybridized carbons (Fsp3) is 0.294. The van der Waals surface area contributed by atoms with Gasteiger partial charge in [-0.05, 0) is 45.6 Å². The van der Waals surface area contributed by atoms with Crippen molar-refractivity contribution in [3.05, 3.63) is 50.6 Å². The van der Waals surface area contributed by atoms with E-state index in [4.69, 9.17) is 9.47 Å². The fourth-order valence-electron chi connectivity index (χ4n) is 2.48. The molecule has 0 aliphatic carbocycles. The highest BCUT2D eigenvalue weighted by Gasteiger charge is 2.29. The number of thiophene rings is 1. The standard InChI is InChI=1S/C17H16BrNO6S2/c18-13-4-3-12(17(21)25-11-14(20)15-2-1-9-26-15)10-16(13)27(22,23)19-5-7-24-8-6-19/h1-4,9-10H,5-8,11H2. The highest BCUT2D eigenvalue weighted by molar-refractivity contribution is 9.10. The zero-order chi connectivity index (χ0) is 19.4. The maximum Gasteiger partial charge on any atom is 0.338 e. The Morgan fingerprint density at radius 3 is 2.63 bits per heavy atom. The summed E-state index contributed by atoms with van der Waals surface area (Å²) in [5, 5.41) is 1.76. The fourth-order valence-corrected chi connectivity index (χ4v) is 5.49. The Morgan fingerprint density at radius 2 is 1.96 bits per heavy atom. The molecule has 1 aliphatic heterocycles. The van der Waals surface area contributed by atoms with Crippen LogP contribution in [0.15, 0.2) is 45.1 Å². The summed E-state index contributed by atoms with van der Waals surface area (Å²) < 4.78 is 37.6. The number of benzene rings is 1. The third-order valence-electron chi connectivity index (χ3n) is 3.89. The molecule has 0 radical (unpaired) electrons. The lowest BCUT2D eigenvalue weighted by molar-refractivity contribution is 0.0475. The number of hydrogen-bond donors (Lipinski definition) is 0. The molecule has 0 spiro atoms. The van der Waals surface area contributed by atoms with Gasteiger partial charge in [0.2, 0.25) is 15.8 Å². The normalized spacial score (nSPS) is 15.4. The molecule has 1 aliphatic rings. The van der Waals surface area contributed by atoms with Crippen molar-refractivity contribution in [2.24, 2.45) is 0 Å². The van der Waals surface area contributed by atoms with Gasteiger partial charge in [-0.3, -0.25) is 4.79 Å². The first kappa shape index (κ1) is 20.2. The largest absolute Gasteiger partial charge is 0.454 e. The summed E-state index contributed by atoms with van der Waals surface area (Å²) in [6.07, 6.45) is 0. The molecular weight excluding hydrogens is 458 g/mol. The van der Waals surface area contributed by atoms with E-state index in [-0.39, 0.29) is 29.3 Å². The second-order valence-corrected chi connectivity index (χ2v) is 9.35. The Bertz CT molecular complexity index is 936. The Kier molecular flexibility index (Phi) is 6.43. The van der Waals surface area contributed by atoms with Gasteiger partial charge in [-0.25, -0.2) is 13.2 Å². The van der Waals surface area contributed by atoms with Crippen LogP contribution in [0.2, 0.25) is 0 Å². The third-order valence-corrected chi connectivity index (χ3v) is 7.69. The molecule has 0 bridgehead atoms. The van der Waals surface area contributed by atoms with E-state index in [2.05, 4.69) is 15.9 Å². The lowest BCUT2D eigenvalue weighted by Crippen LogP contribution is -2.40. The summed E-state index contributed by atoms with van der Waals surface area (Å²) in [5.41, 5.74) is 0.0593. The first-order valence-electron chi connectivity index (χ1n) is 8.01. The molecule has 0 saturated carbocycles. The maximum absolute atomic E-state index is 12.8. The summed E-state index contributed by atoms with van der Waals surface area (Å²) in [4.78, 5) is 24.7. The van der Waals surface area contributed by atoms with Crippen molar-refractivity contribution in [1.29, 1.82) is 0 Å². The number of carbonyl (C=O) groups is 2. The Labute approximate surface area is 169 Å². The maximum atomic E-state index is 12.8. The van der Waals surface area contributed by atoms with Gasteiger partial charge in [-0.2, -0.15) is 4.31 Å². The van der Waals surface area contributed by atoms with Crippen molar-refractivity contribution in [1.82, 2.24) is 4.31 Å². The van der Waals surface area contributed by atoms with Gasteiger partial charge in [0.15, 0.2) is 6.61 Å². The lowest BCUT2D eigenvalue weighted by Gasteiger charge is -2.26. The monoisotopic (exact) mass is 473 g/mol. The number of ether oxygens (including phenoxy) is 2. The van der Waals surface area contributed by atoms with E-state index in [1.54, 1.807) is 17.5 Å². The van der Waals surface area contributed by atoms with Crippen LogP contribution in [0.3, 0.4) is 0 Å². The lowest BCUT2D eigenvalue weighted by atomic mass is 10.2. The number of carbonyl (C=O) groups excluding carboxylic acids is 2. The smallest absolute Gasteiger partial charge is 0.338 e. The van der Waals surface area contributed by atoms with Crippen LogP contribution in [0.5, 0.6) is 0 Å². The number of sulfonamides is 1. The molecule has 10 heteroatoms. The van der Waals surface area contributed by atoms with Crippen LogP contribution in [0, 0.1) is 0 Å². The third kappa shape index (κ3) is 4.64. The number of esters is 1. The van der Waals surface area contributed by atoms with Gasteiger partial charge in [-0.1, -0.05) is 6.07 Å². The quantitative estimate of drug-likeness (QED) is 0.472. The van der Waals surface area contributed by atoms with Crippen LogP contribution in [-0.4, -0.2) is 57.4 Å². The van der Waals surface area contributed by atoms with Crippen molar-refractivity contribution in [3.63, 3.8) is 0 Å². The summed E-state index contributed by atoms with van der Waals surface area (Å²) in [6.45, 7) is 0.741. The van der Waals surface area contributed by atoms with Crippen LogP contribution in [-0.2, 0) is 19.5 Å². The summed E-state index contributed by atoms with van der Waals surface area (Å²) in [6, 6.07) is 7.56. The Hall–Kier alpha value is -1.59.